The Bertz CT molecular complexity index is 499. The standard InChI is InChI=1S/C13H13BrN2O/c14-9-5-6-10(16-8-9)7-13(17)11-3-1-2-4-12(11)15/h1-6,8,13,17H,7,15H2. The number of aromatic nitrogens is 1. The lowest BCUT2D eigenvalue weighted by atomic mass is 10.0. The van der Waals surface area contributed by atoms with Gasteiger partial charge in [-0.05, 0) is 34.1 Å². The number of nitrogen functional groups attached to an aromatic ring is 1. The number of nitrogens with zero attached hydrogens (tertiary/aromatic N) is 1. The Balaban J connectivity index is 2.14. The van der Waals surface area contributed by atoms with Gasteiger partial charge in [-0.15, -0.1) is 0 Å². The number of para-hydroxylation sites is 1. The zero-order valence-corrected chi connectivity index (χ0v) is 10.8. The summed E-state index contributed by atoms with van der Waals surface area (Å²) in [5.41, 5.74) is 8.00. The highest BCUT2D eigenvalue weighted by molar-refractivity contribution is 9.10. The summed E-state index contributed by atoms with van der Waals surface area (Å²) in [5.74, 6) is 0. The first-order valence-electron chi connectivity index (χ1n) is 5.29. The topological polar surface area (TPSA) is 59.1 Å². The van der Waals surface area contributed by atoms with E-state index in [0.717, 1.165) is 15.7 Å². The van der Waals surface area contributed by atoms with Gasteiger partial charge in [0.05, 0.1) is 6.10 Å². The molecule has 0 radical (unpaired) electrons. The molecule has 0 bridgehead atoms. The van der Waals surface area contributed by atoms with Crippen molar-refractivity contribution in [3.8, 4) is 0 Å². The molecule has 1 heterocycles. The minimum atomic E-state index is -0.620. The Morgan fingerprint density at radius 3 is 2.65 bits per heavy atom. The Kier molecular flexibility index (Phi) is 3.76. The minimum Gasteiger partial charge on any atom is -0.398 e. The van der Waals surface area contributed by atoms with Gasteiger partial charge in [0.2, 0.25) is 0 Å². The van der Waals surface area contributed by atoms with Gasteiger partial charge in [0.1, 0.15) is 0 Å². The van der Waals surface area contributed by atoms with Gasteiger partial charge in [-0.25, -0.2) is 0 Å². The van der Waals surface area contributed by atoms with E-state index in [2.05, 4.69) is 20.9 Å². The lowest BCUT2D eigenvalue weighted by molar-refractivity contribution is 0.178. The van der Waals surface area contributed by atoms with Gasteiger partial charge < -0.3 is 10.8 Å². The number of aliphatic hydroxyl groups is 1. The molecule has 0 amide bonds. The molecule has 1 aromatic heterocycles. The first-order chi connectivity index (χ1) is 8.16. The van der Waals surface area contributed by atoms with Crippen molar-refractivity contribution in [1.29, 1.82) is 0 Å². The van der Waals surface area contributed by atoms with Crippen LogP contribution in [0.1, 0.15) is 17.4 Å². The molecule has 0 spiro atoms. The van der Waals surface area contributed by atoms with Crippen molar-refractivity contribution < 1.29 is 5.11 Å². The third kappa shape index (κ3) is 3.05. The molecule has 4 heteroatoms. The molecule has 0 aliphatic carbocycles. The zero-order valence-electron chi connectivity index (χ0n) is 9.18. The molecular weight excluding hydrogens is 280 g/mol. The molecule has 0 aliphatic heterocycles. The first kappa shape index (κ1) is 12.1. The molecule has 1 aromatic carbocycles. The SMILES string of the molecule is Nc1ccccc1C(O)Cc1ccc(Br)cn1. The van der Waals surface area contributed by atoms with Crippen molar-refractivity contribution in [2.24, 2.45) is 0 Å². The van der Waals surface area contributed by atoms with Crippen molar-refractivity contribution in [1.82, 2.24) is 4.98 Å². The number of hydrogen-bond acceptors (Lipinski definition) is 3. The first-order valence-corrected chi connectivity index (χ1v) is 6.09. The van der Waals surface area contributed by atoms with Crippen molar-refractivity contribution in [2.75, 3.05) is 5.73 Å². The van der Waals surface area contributed by atoms with E-state index >= 15 is 0 Å². The Morgan fingerprint density at radius 1 is 1.24 bits per heavy atom. The van der Waals surface area contributed by atoms with E-state index in [9.17, 15) is 5.11 Å². The molecule has 0 fully saturated rings. The summed E-state index contributed by atoms with van der Waals surface area (Å²) in [6.45, 7) is 0. The second kappa shape index (κ2) is 5.29. The number of aliphatic hydroxyl groups excluding tert-OH is 1. The van der Waals surface area contributed by atoms with E-state index in [1.165, 1.54) is 0 Å². The molecule has 1 atom stereocenters. The van der Waals surface area contributed by atoms with Crippen LogP contribution >= 0.6 is 15.9 Å². The number of nitrogens with two attached hydrogens (primary N) is 1. The summed E-state index contributed by atoms with van der Waals surface area (Å²) in [6.07, 6.45) is 1.56. The number of pyridine rings is 1. The van der Waals surface area contributed by atoms with E-state index in [-0.39, 0.29) is 0 Å². The quantitative estimate of drug-likeness (QED) is 0.855. The van der Waals surface area contributed by atoms with Crippen LogP contribution in [-0.4, -0.2) is 10.1 Å². The highest BCUT2D eigenvalue weighted by Gasteiger charge is 2.11. The zero-order chi connectivity index (χ0) is 12.3. The van der Waals surface area contributed by atoms with E-state index in [1.807, 2.05) is 30.3 Å². The number of rotatable bonds is 3. The summed E-state index contributed by atoms with van der Waals surface area (Å²) in [5, 5.41) is 10.1. The molecule has 0 aliphatic rings. The highest BCUT2D eigenvalue weighted by Crippen LogP contribution is 2.23. The molecule has 88 valence electrons. The van der Waals surface area contributed by atoms with Crippen LogP contribution in [0.2, 0.25) is 0 Å². The lowest BCUT2D eigenvalue weighted by Gasteiger charge is -2.12. The van der Waals surface area contributed by atoms with Gasteiger partial charge in [0.25, 0.3) is 0 Å². The van der Waals surface area contributed by atoms with Crippen molar-refractivity contribution in [2.45, 2.75) is 12.5 Å². The monoisotopic (exact) mass is 292 g/mol. The molecule has 1 unspecified atom stereocenters. The van der Waals surface area contributed by atoms with Crippen LogP contribution in [0.5, 0.6) is 0 Å². The second-order valence-electron chi connectivity index (χ2n) is 3.82. The van der Waals surface area contributed by atoms with Crippen LogP contribution < -0.4 is 5.73 Å². The average molecular weight is 293 g/mol. The maximum Gasteiger partial charge on any atom is 0.0865 e. The predicted molar refractivity (Wildman–Crippen MR) is 71.5 cm³/mol. The Morgan fingerprint density at radius 2 is 2.00 bits per heavy atom. The van der Waals surface area contributed by atoms with Crippen LogP contribution in [0.25, 0.3) is 0 Å². The van der Waals surface area contributed by atoms with Crippen molar-refractivity contribution in [3.63, 3.8) is 0 Å². The van der Waals surface area contributed by atoms with Crippen LogP contribution in [0.15, 0.2) is 47.1 Å². The maximum atomic E-state index is 10.1. The average Bonchev–Trinajstić information content (AvgIpc) is 2.32. The van der Waals surface area contributed by atoms with Gasteiger partial charge >= 0.3 is 0 Å². The fraction of sp³-hybridized carbons (Fsp3) is 0.154. The van der Waals surface area contributed by atoms with E-state index < -0.39 is 6.10 Å². The summed E-state index contributed by atoms with van der Waals surface area (Å²) in [7, 11) is 0. The lowest BCUT2D eigenvalue weighted by Crippen LogP contribution is -2.06. The van der Waals surface area contributed by atoms with Crippen LogP contribution in [-0.2, 0) is 6.42 Å². The number of halogens is 1. The Labute approximate surface area is 108 Å². The van der Waals surface area contributed by atoms with Crippen LogP contribution in [0.4, 0.5) is 5.69 Å². The van der Waals surface area contributed by atoms with Gasteiger partial charge in [-0.3, -0.25) is 4.98 Å². The fourth-order valence-corrected chi connectivity index (χ4v) is 1.88. The summed E-state index contributed by atoms with van der Waals surface area (Å²) in [6, 6.07) is 11.1. The van der Waals surface area contributed by atoms with Gasteiger partial charge in [-0.2, -0.15) is 0 Å². The molecule has 2 aromatic rings. The molecule has 2 rings (SSSR count). The molecular formula is C13H13BrN2O. The number of anilines is 1. The van der Waals surface area contributed by atoms with Crippen LogP contribution in [0, 0.1) is 0 Å². The van der Waals surface area contributed by atoms with Crippen molar-refractivity contribution >= 4 is 21.6 Å². The molecule has 3 nitrogen and oxygen atoms in total. The largest absolute Gasteiger partial charge is 0.398 e. The maximum absolute atomic E-state index is 10.1. The van der Waals surface area contributed by atoms with E-state index in [4.69, 9.17) is 5.73 Å². The molecule has 3 N–H and O–H groups in total. The summed E-state index contributed by atoms with van der Waals surface area (Å²) >= 11 is 3.32. The summed E-state index contributed by atoms with van der Waals surface area (Å²) in [4.78, 5) is 4.23. The third-order valence-corrected chi connectivity index (χ3v) is 3.02. The molecule has 17 heavy (non-hydrogen) atoms. The molecule has 0 saturated carbocycles. The smallest absolute Gasteiger partial charge is 0.0865 e. The van der Waals surface area contributed by atoms with Crippen LogP contribution in [0.3, 0.4) is 0 Å². The second-order valence-corrected chi connectivity index (χ2v) is 4.73. The highest BCUT2D eigenvalue weighted by atomic mass is 79.9. The molecule has 0 saturated heterocycles. The van der Waals surface area contributed by atoms with E-state index in [0.29, 0.717) is 12.1 Å². The minimum absolute atomic E-state index is 0.460. The third-order valence-electron chi connectivity index (χ3n) is 2.55. The van der Waals surface area contributed by atoms with Gasteiger partial charge in [0.15, 0.2) is 0 Å². The van der Waals surface area contributed by atoms with Crippen molar-refractivity contribution in [3.05, 3.63) is 58.3 Å². The van der Waals surface area contributed by atoms with E-state index in [1.54, 1.807) is 12.3 Å². The van der Waals surface area contributed by atoms with Gasteiger partial charge in [0, 0.05) is 34.0 Å². The van der Waals surface area contributed by atoms with Gasteiger partial charge in [-0.1, -0.05) is 18.2 Å². The Hall–Kier alpha value is -1.39. The number of benzene rings is 1. The number of hydrogen-bond donors (Lipinski definition) is 2. The fourth-order valence-electron chi connectivity index (χ4n) is 1.65. The normalized spacial score (nSPS) is 12.4. The predicted octanol–water partition coefficient (Wildman–Crippen LogP) is 2.70. The summed E-state index contributed by atoms with van der Waals surface area (Å²) < 4.78 is 0.926.